The number of methoxy groups -OCH3 is 1. The van der Waals surface area contributed by atoms with E-state index in [9.17, 15) is 24.2 Å². The van der Waals surface area contributed by atoms with Gasteiger partial charge in [-0.05, 0) is 48.4 Å². The molecule has 0 radical (unpaired) electrons. The average molecular weight is 587 g/mol. The Morgan fingerprint density at radius 1 is 1.07 bits per heavy atom. The molecule has 1 heterocycles. The fourth-order valence-electron chi connectivity index (χ4n) is 5.64. The van der Waals surface area contributed by atoms with E-state index >= 15 is 0 Å². The Balaban J connectivity index is 2.06. The summed E-state index contributed by atoms with van der Waals surface area (Å²) in [6.45, 7) is 6.48. The fourth-order valence-corrected chi connectivity index (χ4v) is 5.64. The summed E-state index contributed by atoms with van der Waals surface area (Å²) in [6, 6.07) is 15.7. The number of halogens is 1. The van der Waals surface area contributed by atoms with Gasteiger partial charge in [-0.15, -0.1) is 0 Å². The molecule has 0 aromatic heterocycles. The van der Waals surface area contributed by atoms with Gasteiger partial charge < -0.3 is 29.5 Å². The first-order chi connectivity index (χ1) is 20.1. The molecule has 1 aliphatic heterocycles. The first-order valence-corrected chi connectivity index (χ1v) is 14.9. The number of hydrogen-bond acceptors (Lipinski definition) is 6. The minimum atomic E-state index is -1.27. The molecule has 1 aliphatic rings. The second-order valence-electron chi connectivity index (χ2n) is 11.5. The summed E-state index contributed by atoms with van der Waals surface area (Å²) in [5.41, 5.74) is 1.73. The van der Waals surface area contributed by atoms with Crippen molar-refractivity contribution in [1.82, 2.24) is 9.80 Å². The monoisotopic (exact) mass is 586 g/mol. The zero-order chi connectivity index (χ0) is 30.6. The lowest BCUT2D eigenvalue weighted by Crippen LogP contribution is -2.51. The lowest BCUT2D eigenvalue weighted by molar-refractivity contribution is -0.139. The number of aliphatic hydroxyl groups excluding tert-OH is 2. The van der Waals surface area contributed by atoms with E-state index in [1.165, 1.54) is 26.2 Å². The summed E-state index contributed by atoms with van der Waals surface area (Å²) in [6.07, 6.45) is -1.20. The van der Waals surface area contributed by atoms with Crippen molar-refractivity contribution in [2.75, 3.05) is 40.0 Å². The molecular formula is C33H47FN2O6. The molecule has 1 saturated heterocycles. The maximum absolute atomic E-state index is 14.7. The maximum Gasteiger partial charge on any atom is 0.223 e. The van der Waals surface area contributed by atoms with E-state index in [1.54, 1.807) is 11.0 Å². The van der Waals surface area contributed by atoms with Crippen molar-refractivity contribution in [3.05, 3.63) is 71.5 Å². The van der Waals surface area contributed by atoms with Gasteiger partial charge >= 0.3 is 0 Å². The lowest BCUT2D eigenvalue weighted by Gasteiger charge is -2.42. The summed E-state index contributed by atoms with van der Waals surface area (Å²) >= 11 is 0. The number of aryl methyl sites for hydroxylation is 1. The zero-order valence-electron chi connectivity index (χ0n) is 25.3. The van der Waals surface area contributed by atoms with E-state index < -0.39 is 30.2 Å². The van der Waals surface area contributed by atoms with E-state index in [2.05, 4.69) is 0 Å². The third kappa shape index (κ3) is 9.59. The minimum Gasteiger partial charge on any atom is -0.388 e. The summed E-state index contributed by atoms with van der Waals surface area (Å²) in [5.74, 6) is -0.933. The van der Waals surface area contributed by atoms with E-state index in [1.807, 2.05) is 55.1 Å². The topological polar surface area (TPSA) is 99.5 Å². The molecule has 0 saturated carbocycles. The van der Waals surface area contributed by atoms with Crippen LogP contribution in [0, 0.1) is 17.7 Å². The summed E-state index contributed by atoms with van der Waals surface area (Å²) in [5, 5.41) is 21.4. The smallest absolute Gasteiger partial charge is 0.223 e. The average Bonchev–Trinajstić information content (AvgIpc) is 2.97. The number of carbonyl (C=O) groups is 2. The van der Waals surface area contributed by atoms with Crippen molar-refractivity contribution in [1.29, 1.82) is 0 Å². The second kappa shape index (κ2) is 16.7. The van der Waals surface area contributed by atoms with Gasteiger partial charge in [0, 0.05) is 52.6 Å². The predicted molar refractivity (Wildman–Crippen MR) is 159 cm³/mol. The highest BCUT2D eigenvalue weighted by Crippen LogP contribution is 2.36. The highest BCUT2D eigenvalue weighted by atomic mass is 19.1. The van der Waals surface area contributed by atoms with Crippen LogP contribution in [0.2, 0.25) is 0 Å². The Labute approximate surface area is 249 Å². The van der Waals surface area contributed by atoms with Crippen LogP contribution in [0.5, 0.6) is 0 Å². The van der Waals surface area contributed by atoms with Gasteiger partial charge in [0.2, 0.25) is 11.8 Å². The normalized spacial score (nSPS) is 25.1. The van der Waals surface area contributed by atoms with Crippen LogP contribution in [0.1, 0.15) is 57.2 Å². The van der Waals surface area contributed by atoms with Gasteiger partial charge in [0.05, 0.1) is 12.6 Å². The summed E-state index contributed by atoms with van der Waals surface area (Å²) < 4.78 is 25.8. The molecule has 2 amide bonds. The number of hydrogen-bond donors (Lipinski definition) is 2. The van der Waals surface area contributed by atoms with Crippen molar-refractivity contribution < 1.29 is 33.7 Å². The molecule has 9 heteroatoms. The number of rotatable bonds is 6. The van der Waals surface area contributed by atoms with Gasteiger partial charge in [-0.3, -0.25) is 9.59 Å². The van der Waals surface area contributed by atoms with Crippen LogP contribution >= 0.6 is 0 Å². The molecule has 5 atom stereocenters. The van der Waals surface area contributed by atoms with Gasteiger partial charge in [-0.1, -0.05) is 56.3 Å². The Kier molecular flexibility index (Phi) is 13.4. The third-order valence-corrected chi connectivity index (χ3v) is 8.16. The molecule has 0 spiro atoms. The largest absolute Gasteiger partial charge is 0.388 e. The van der Waals surface area contributed by atoms with Crippen LogP contribution in [0.25, 0.3) is 0 Å². The molecule has 2 aromatic rings. The van der Waals surface area contributed by atoms with Gasteiger partial charge in [0.15, 0.2) is 0 Å². The predicted octanol–water partition coefficient (Wildman–Crippen LogP) is 4.00. The molecule has 232 valence electrons. The molecule has 1 fully saturated rings. The van der Waals surface area contributed by atoms with Gasteiger partial charge in [0.25, 0.3) is 0 Å². The zero-order valence-corrected chi connectivity index (χ0v) is 25.3. The molecule has 8 nitrogen and oxygen atoms in total. The SMILES string of the molecule is CO[C@@H]1CN(C(C)=O)C[C@H](C(C)C)[C@@H](c2cccc(F)c2)N(C(=O)CCc2ccccc2)CCCCOC[C@@H](O)[C@H]1O. The van der Waals surface area contributed by atoms with E-state index in [-0.39, 0.29) is 49.8 Å². The first-order valence-electron chi connectivity index (χ1n) is 14.9. The van der Waals surface area contributed by atoms with Crippen LogP contribution in [-0.2, 0) is 25.5 Å². The molecule has 0 unspecified atom stereocenters. The molecule has 2 aromatic carbocycles. The Hall–Kier alpha value is -2.85. The van der Waals surface area contributed by atoms with Crippen molar-refractivity contribution in [2.24, 2.45) is 11.8 Å². The van der Waals surface area contributed by atoms with Gasteiger partial charge in [-0.25, -0.2) is 4.39 Å². The fraction of sp³-hybridized carbons (Fsp3) is 0.576. The van der Waals surface area contributed by atoms with Crippen LogP contribution in [0.4, 0.5) is 4.39 Å². The summed E-state index contributed by atoms with van der Waals surface area (Å²) in [4.78, 5) is 30.4. The minimum absolute atomic E-state index is 0.0000614. The number of ether oxygens (including phenoxy) is 2. The molecule has 2 N–H and O–H groups in total. The Morgan fingerprint density at radius 2 is 1.81 bits per heavy atom. The van der Waals surface area contributed by atoms with Crippen molar-refractivity contribution >= 4 is 11.8 Å². The van der Waals surface area contributed by atoms with E-state index in [0.29, 0.717) is 38.0 Å². The lowest BCUT2D eigenvalue weighted by atomic mass is 9.82. The number of aliphatic hydroxyl groups is 2. The third-order valence-electron chi connectivity index (χ3n) is 8.16. The highest BCUT2D eigenvalue weighted by Gasteiger charge is 2.37. The van der Waals surface area contributed by atoms with Crippen LogP contribution in [0.15, 0.2) is 54.6 Å². The van der Waals surface area contributed by atoms with E-state index in [0.717, 1.165) is 5.56 Å². The first kappa shape index (κ1) is 33.6. The molecule has 42 heavy (non-hydrogen) atoms. The molecule has 0 bridgehead atoms. The number of benzene rings is 2. The molecular weight excluding hydrogens is 539 g/mol. The second-order valence-corrected chi connectivity index (χ2v) is 11.5. The van der Waals surface area contributed by atoms with Crippen LogP contribution < -0.4 is 0 Å². The maximum atomic E-state index is 14.7. The van der Waals surface area contributed by atoms with Gasteiger partial charge in [0.1, 0.15) is 24.1 Å². The standard InChI is InChI=1S/C33H47FN2O6/c1-23(2)28-20-35(24(3)37)21-30(41-4)33(40)29(38)22-42-18-9-8-17-36(32(28)26-13-10-14-27(34)19-26)31(39)16-15-25-11-6-5-7-12-25/h5-7,10-14,19,23,28-30,32-33,38,40H,8-9,15-18,20-22H2,1-4H3/t28-,29-,30-,32-,33-/m1/s1. The Bertz CT molecular complexity index is 1120. The number of carbonyl (C=O) groups excluding carboxylic acids is 2. The molecule has 0 aliphatic carbocycles. The van der Waals surface area contributed by atoms with Gasteiger partial charge in [-0.2, -0.15) is 0 Å². The Morgan fingerprint density at radius 3 is 2.45 bits per heavy atom. The quantitative estimate of drug-likeness (QED) is 0.531. The number of amides is 2. The van der Waals surface area contributed by atoms with E-state index in [4.69, 9.17) is 9.47 Å². The highest BCUT2D eigenvalue weighted by molar-refractivity contribution is 5.77. The van der Waals surface area contributed by atoms with Crippen LogP contribution in [-0.4, -0.2) is 90.1 Å². The molecule has 3 rings (SSSR count). The van der Waals surface area contributed by atoms with Crippen molar-refractivity contribution in [3.8, 4) is 0 Å². The van der Waals surface area contributed by atoms with Crippen LogP contribution in [0.3, 0.4) is 0 Å². The van der Waals surface area contributed by atoms with Crippen molar-refractivity contribution in [2.45, 2.75) is 70.8 Å². The summed E-state index contributed by atoms with van der Waals surface area (Å²) in [7, 11) is 1.43. The number of nitrogens with zero attached hydrogens (tertiary/aromatic N) is 2. The van der Waals surface area contributed by atoms with Crippen molar-refractivity contribution in [3.63, 3.8) is 0 Å².